The van der Waals surface area contributed by atoms with Gasteiger partial charge in [-0.05, 0) is 30.7 Å². The summed E-state index contributed by atoms with van der Waals surface area (Å²) in [6, 6.07) is 14.7. The number of para-hydroxylation sites is 2. The number of nitrogens with zero attached hydrogens (tertiary/aromatic N) is 2. The maximum atomic E-state index is 12.6. The second-order valence-electron chi connectivity index (χ2n) is 5.74. The van der Waals surface area contributed by atoms with E-state index < -0.39 is 5.76 Å². The first kappa shape index (κ1) is 17.3. The summed E-state index contributed by atoms with van der Waals surface area (Å²) in [4.78, 5) is 26.3. The number of halogens is 1. The summed E-state index contributed by atoms with van der Waals surface area (Å²) in [7, 11) is 0. The van der Waals surface area contributed by atoms with Crippen LogP contribution in [0.2, 0.25) is 5.02 Å². The molecule has 0 aliphatic heterocycles. The van der Waals surface area contributed by atoms with Crippen molar-refractivity contribution in [2.75, 3.05) is 6.54 Å². The molecular weight excluding hydrogens is 340 g/mol. The monoisotopic (exact) mass is 358 g/mol. The summed E-state index contributed by atoms with van der Waals surface area (Å²) in [6.45, 7) is 3.24. The largest absolute Gasteiger partial charge is 0.419 e. The first-order valence-corrected chi connectivity index (χ1v) is 8.57. The van der Waals surface area contributed by atoms with Crippen molar-refractivity contribution in [2.24, 2.45) is 0 Å². The van der Waals surface area contributed by atoms with Crippen molar-refractivity contribution in [1.29, 1.82) is 0 Å². The molecule has 0 N–H and O–H groups in total. The topological polar surface area (TPSA) is 55.5 Å². The van der Waals surface area contributed by atoms with Gasteiger partial charge in [-0.2, -0.15) is 0 Å². The Morgan fingerprint density at radius 2 is 1.88 bits per heavy atom. The zero-order valence-electron chi connectivity index (χ0n) is 13.9. The Hall–Kier alpha value is -2.53. The minimum absolute atomic E-state index is 0.0281. The number of oxazole rings is 1. The number of fused-ring (bicyclic) bond motifs is 1. The van der Waals surface area contributed by atoms with Crippen molar-refractivity contribution >= 4 is 28.6 Å². The Morgan fingerprint density at radius 3 is 2.64 bits per heavy atom. The van der Waals surface area contributed by atoms with Gasteiger partial charge in [-0.3, -0.25) is 9.36 Å². The Kier molecular flexibility index (Phi) is 5.24. The summed E-state index contributed by atoms with van der Waals surface area (Å²) < 4.78 is 6.69. The van der Waals surface area contributed by atoms with Crippen LogP contribution in [0.15, 0.2) is 57.7 Å². The fourth-order valence-corrected chi connectivity index (χ4v) is 3.00. The van der Waals surface area contributed by atoms with Gasteiger partial charge >= 0.3 is 5.76 Å². The Morgan fingerprint density at radius 1 is 1.16 bits per heavy atom. The molecule has 0 unspecified atom stereocenters. The van der Waals surface area contributed by atoms with Gasteiger partial charge in [-0.1, -0.05) is 41.9 Å². The average molecular weight is 359 g/mol. The molecule has 1 amide bonds. The molecule has 5 nitrogen and oxygen atoms in total. The number of benzene rings is 2. The van der Waals surface area contributed by atoms with Crippen molar-refractivity contribution in [1.82, 2.24) is 9.47 Å². The fourth-order valence-electron chi connectivity index (χ4n) is 2.80. The van der Waals surface area contributed by atoms with E-state index in [0.717, 1.165) is 5.56 Å². The molecule has 0 aliphatic rings. The number of aromatic nitrogens is 1. The highest BCUT2D eigenvalue weighted by Crippen LogP contribution is 2.18. The maximum absolute atomic E-state index is 12.6. The third-order valence-electron chi connectivity index (χ3n) is 4.18. The minimum Gasteiger partial charge on any atom is -0.408 e. The molecule has 0 bridgehead atoms. The van der Waals surface area contributed by atoms with Crippen molar-refractivity contribution in [2.45, 2.75) is 26.4 Å². The molecule has 0 saturated carbocycles. The van der Waals surface area contributed by atoms with E-state index in [9.17, 15) is 9.59 Å². The number of amides is 1. The number of rotatable bonds is 6. The lowest BCUT2D eigenvalue weighted by molar-refractivity contribution is -0.131. The van der Waals surface area contributed by atoms with Crippen LogP contribution in [0.5, 0.6) is 0 Å². The molecule has 3 aromatic rings. The molecule has 0 atom stereocenters. The Bertz CT molecular complexity index is 945. The minimum atomic E-state index is -0.442. The van der Waals surface area contributed by atoms with Gasteiger partial charge in [0, 0.05) is 31.1 Å². The van der Waals surface area contributed by atoms with Crippen molar-refractivity contribution < 1.29 is 9.21 Å². The summed E-state index contributed by atoms with van der Waals surface area (Å²) in [5, 5.41) is 0.644. The normalized spacial score (nSPS) is 11.0. The first-order chi connectivity index (χ1) is 12.1. The molecule has 130 valence electrons. The standard InChI is InChI=1S/C19H19ClN2O3/c1-2-21(13-14-7-3-4-8-15(14)20)18(23)11-12-22-16-9-5-6-10-17(16)25-19(22)24/h3-10H,2,11-13H2,1H3. The van der Waals surface area contributed by atoms with Crippen LogP contribution in [0.4, 0.5) is 0 Å². The highest BCUT2D eigenvalue weighted by Gasteiger charge is 2.15. The molecule has 6 heteroatoms. The fraction of sp³-hybridized carbons (Fsp3) is 0.263. The van der Waals surface area contributed by atoms with E-state index in [1.165, 1.54) is 4.57 Å². The van der Waals surface area contributed by atoms with Gasteiger partial charge in [-0.15, -0.1) is 0 Å². The zero-order valence-corrected chi connectivity index (χ0v) is 14.7. The smallest absolute Gasteiger partial charge is 0.408 e. The van der Waals surface area contributed by atoms with Crippen LogP contribution in [0.1, 0.15) is 18.9 Å². The van der Waals surface area contributed by atoms with E-state index in [4.69, 9.17) is 16.0 Å². The van der Waals surface area contributed by atoms with E-state index in [-0.39, 0.29) is 18.9 Å². The highest BCUT2D eigenvalue weighted by atomic mass is 35.5. The van der Waals surface area contributed by atoms with Gasteiger partial charge < -0.3 is 9.32 Å². The lowest BCUT2D eigenvalue weighted by Crippen LogP contribution is -2.31. The third kappa shape index (κ3) is 3.77. The van der Waals surface area contributed by atoms with E-state index >= 15 is 0 Å². The zero-order chi connectivity index (χ0) is 17.8. The van der Waals surface area contributed by atoms with Crippen molar-refractivity contribution in [3.63, 3.8) is 0 Å². The molecule has 2 aromatic carbocycles. The highest BCUT2D eigenvalue weighted by molar-refractivity contribution is 6.31. The number of carbonyl (C=O) groups is 1. The Labute approximate surface area is 150 Å². The van der Waals surface area contributed by atoms with E-state index in [1.807, 2.05) is 49.4 Å². The summed E-state index contributed by atoms with van der Waals surface area (Å²) in [6.07, 6.45) is 0.224. The van der Waals surface area contributed by atoms with Crippen molar-refractivity contribution in [3.05, 3.63) is 69.7 Å². The molecule has 3 rings (SSSR count). The second-order valence-corrected chi connectivity index (χ2v) is 6.14. The molecule has 0 spiro atoms. The second kappa shape index (κ2) is 7.57. The van der Waals surface area contributed by atoms with Crippen LogP contribution in [-0.2, 0) is 17.9 Å². The SMILES string of the molecule is CCN(Cc1ccccc1Cl)C(=O)CCn1c(=O)oc2ccccc21. The van der Waals surface area contributed by atoms with Crippen LogP contribution in [-0.4, -0.2) is 21.9 Å². The summed E-state index contributed by atoms with van der Waals surface area (Å²) in [5.74, 6) is -0.470. The van der Waals surface area contributed by atoms with Gasteiger partial charge in [0.1, 0.15) is 0 Å². The van der Waals surface area contributed by atoms with Crippen LogP contribution in [0.3, 0.4) is 0 Å². The molecular formula is C19H19ClN2O3. The van der Waals surface area contributed by atoms with Gasteiger partial charge in [0.2, 0.25) is 5.91 Å². The number of carbonyl (C=O) groups excluding carboxylic acids is 1. The lowest BCUT2D eigenvalue weighted by atomic mass is 10.2. The van der Waals surface area contributed by atoms with E-state index in [2.05, 4.69) is 0 Å². The maximum Gasteiger partial charge on any atom is 0.419 e. The summed E-state index contributed by atoms with van der Waals surface area (Å²) in [5.41, 5.74) is 2.14. The number of hydrogen-bond donors (Lipinski definition) is 0. The average Bonchev–Trinajstić information content (AvgIpc) is 2.94. The van der Waals surface area contributed by atoms with Gasteiger partial charge in [-0.25, -0.2) is 4.79 Å². The van der Waals surface area contributed by atoms with Gasteiger partial charge in [0.15, 0.2) is 5.58 Å². The van der Waals surface area contributed by atoms with Crippen LogP contribution in [0.25, 0.3) is 11.1 Å². The Balaban J connectivity index is 1.71. The van der Waals surface area contributed by atoms with Crippen molar-refractivity contribution in [3.8, 4) is 0 Å². The molecule has 0 aliphatic carbocycles. The van der Waals surface area contributed by atoms with Crippen LogP contribution >= 0.6 is 11.6 Å². The molecule has 0 saturated heterocycles. The summed E-state index contributed by atoms with van der Waals surface area (Å²) >= 11 is 6.18. The van der Waals surface area contributed by atoms with Gasteiger partial charge in [0.25, 0.3) is 0 Å². The van der Waals surface area contributed by atoms with Gasteiger partial charge in [0.05, 0.1) is 5.52 Å². The molecule has 1 aromatic heterocycles. The quantitative estimate of drug-likeness (QED) is 0.675. The predicted molar refractivity (Wildman–Crippen MR) is 97.6 cm³/mol. The predicted octanol–water partition coefficient (Wildman–Crippen LogP) is 3.69. The molecule has 25 heavy (non-hydrogen) atoms. The lowest BCUT2D eigenvalue weighted by Gasteiger charge is -2.21. The van der Waals surface area contributed by atoms with E-state index in [0.29, 0.717) is 29.2 Å². The molecule has 1 heterocycles. The first-order valence-electron chi connectivity index (χ1n) is 8.19. The van der Waals surface area contributed by atoms with E-state index in [1.54, 1.807) is 11.0 Å². The number of hydrogen-bond acceptors (Lipinski definition) is 3. The molecule has 0 fully saturated rings. The number of aryl methyl sites for hydroxylation is 1. The van der Waals surface area contributed by atoms with Crippen LogP contribution in [0, 0.1) is 0 Å². The molecule has 0 radical (unpaired) electrons. The van der Waals surface area contributed by atoms with Crippen LogP contribution < -0.4 is 5.76 Å². The third-order valence-corrected chi connectivity index (χ3v) is 4.55.